The Labute approximate surface area is 183 Å². The number of ketones is 1. The summed E-state index contributed by atoms with van der Waals surface area (Å²) in [6.07, 6.45) is 3.73. The SMILES string of the molecule is Cn1cc(/C=C2\Oc3cc(OCc4ccc([N+](=O)[O-])cc4)ccc3C2=O)c2ccccc21. The quantitative estimate of drug-likeness (QED) is 0.246. The number of nitrogens with zero attached hydrogens (tertiary/aromatic N) is 2. The molecule has 0 N–H and O–H groups in total. The molecule has 32 heavy (non-hydrogen) atoms. The van der Waals surface area contributed by atoms with Crippen molar-refractivity contribution < 1.29 is 19.2 Å². The van der Waals surface area contributed by atoms with E-state index in [1.165, 1.54) is 12.1 Å². The second-order valence-corrected chi connectivity index (χ2v) is 7.52. The fraction of sp³-hybridized carbons (Fsp3) is 0.0800. The van der Waals surface area contributed by atoms with E-state index >= 15 is 0 Å². The van der Waals surface area contributed by atoms with E-state index in [0.717, 1.165) is 22.0 Å². The van der Waals surface area contributed by atoms with E-state index in [2.05, 4.69) is 0 Å². The largest absolute Gasteiger partial charge is 0.489 e. The van der Waals surface area contributed by atoms with Gasteiger partial charge in [0, 0.05) is 47.9 Å². The van der Waals surface area contributed by atoms with E-state index in [1.807, 2.05) is 42.1 Å². The third-order valence-corrected chi connectivity index (χ3v) is 5.41. The van der Waals surface area contributed by atoms with Crippen molar-refractivity contribution in [3.63, 3.8) is 0 Å². The zero-order valence-electron chi connectivity index (χ0n) is 17.1. The van der Waals surface area contributed by atoms with Gasteiger partial charge in [-0.3, -0.25) is 14.9 Å². The van der Waals surface area contributed by atoms with Crippen molar-refractivity contribution in [1.82, 2.24) is 4.57 Å². The number of para-hydroxylation sites is 1. The molecule has 0 amide bonds. The Morgan fingerprint density at radius 1 is 1.09 bits per heavy atom. The predicted molar refractivity (Wildman–Crippen MR) is 120 cm³/mol. The van der Waals surface area contributed by atoms with Crippen LogP contribution in [-0.2, 0) is 13.7 Å². The lowest BCUT2D eigenvalue weighted by Crippen LogP contribution is -1.98. The first-order valence-corrected chi connectivity index (χ1v) is 9.98. The molecule has 2 heterocycles. The number of fused-ring (bicyclic) bond motifs is 2. The molecule has 0 radical (unpaired) electrons. The molecular weight excluding hydrogens is 408 g/mol. The minimum absolute atomic E-state index is 0.0312. The Morgan fingerprint density at radius 2 is 1.88 bits per heavy atom. The number of non-ortho nitro benzene ring substituents is 1. The van der Waals surface area contributed by atoms with Crippen LogP contribution >= 0.6 is 0 Å². The van der Waals surface area contributed by atoms with E-state index in [1.54, 1.807) is 36.4 Å². The summed E-state index contributed by atoms with van der Waals surface area (Å²) in [5, 5.41) is 11.8. The monoisotopic (exact) mass is 426 g/mol. The average Bonchev–Trinajstić information content (AvgIpc) is 3.29. The molecular formula is C25H18N2O5. The maximum Gasteiger partial charge on any atom is 0.269 e. The average molecular weight is 426 g/mol. The number of aryl methyl sites for hydroxylation is 1. The molecule has 1 aliphatic heterocycles. The number of allylic oxidation sites excluding steroid dienone is 1. The zero-order chi connectivity index (χ0) is 22.2. The van der Waals surface area contributed by atoms with Crippen LogP contribution in [0.3, 0.4) is 0 Å². The third-order valence-electron chi connectivity index (χ3n) is 5.41. The number of aromatic nitrogens is 1. The first-order valence-electron chi connectivity index (χ1n) is 9.98. The lowest BCUT2D eigenvalue weighted by atomic mass is 10.1. The molecule has 7 nitrogen and oxygen atoms in total. The number of carbonyl (C=O) groups excluding carboxylic acids is 1. The van der Waals surface area contributed by atoms with Crippen LogP contribution in [0.4, 0.5) is 5.69 Å². The molecule has 0 unspecified atom stereocenters. The molecule has 158 valence electrons. The Bertz CT molecular complexity index is 1400. The van der Waals surface area contributed by atoms with E-state index in [9.17, 15) is 14.9 Å². The number of hydrogen-bond acceptors (Lipinski definition) is 5. The molecule has 1 aromatic heterocycles. The van der Waals surface area contributed by atoms with Gasteiger partial charge in [0.25, 0.3) is 5.69 Å². The van der Waals surface area contributed by atoms with Crippen molar-refractivity contribution in [2.75, 3.05) is 0 Å². The van der Waals surface area contributed by atoms with Crippen LogP contribution in [-0.4, -0.2) is 15.3 Å². The van der Waals surface area contributed by atoms with Crippen molar-refractivity contribution >= 4 is 28.4 Å². The topological polar surface area (TPSA) is 83.6 Å². The molecule has 4 aromatic rings. The Hall–Kier alpha value is -4.39. The summed E-state index contributed by atoms with van der Waals surface area (Å²) in [4.78, 5) is 23.1. The fourth-order valence-corrected chi connectivity index (χ4v) is 3.77. The maximum absolute atomic E-state index is 12.8. The van der Waals surface area contributed by atoms with Gasteiger partial charge in [-0.1, -0.05) is 18.2 Å². The summed E-state index contributed by atoms with van der Waals surface area (Å²) in [5.41, 5.74) is 3.30. The lowest BCUT2D eigenvalue weighted by Gasteiger charge is -2.07. The van der Waals surface area contributed by atoms with Crippen molar-refractivity contribution in [2.45, 2.75) is 6.61 Å². The minimum Gasteiger partial charge on any atom is -0.489 e. The van der Waals surface area contributed by atoms with Gasteiger partial charge in [-0.25, -0.2) is 0 Å². The van der Waals surface area contributed by atoms with Gasteiger partial charge in [0.2, 0.25) is 5.78 Å². The van der Waals surface area contributed by atoms with Crippen molar-refractivity contribution in [3.05, 3.63) is 105 Å². The maximum atomic E-state index is 12.8. The first-order chi connectivity index (χ1) is 15.5. The molecule has 0 spiro atoms. The Kier molecular flexibility index (Phi) is 4.71. The van der Waals surface area contributed by atoms with Crippen LogP contribution in [0.5, 0.6) is 11.5 Å². The summed E-state index contributed by atoms with van der Waals surface area (Å²) in [6, 6.07) is 19.2. The molecule has 0 saturated carbocycles. The lowest BCUT2D eigenvalue weighted by molar-refractivity contribution is -0.384. The summed E-state index contributed by atoms with van der Waals surface area (Å²) < 4.78 is 13.7. The first kappa shape index (κ1) is 19.6. The highest BCUT2D eigenvalue weighted by Crippen LogP contribution is 2.36. The molecule has 5 rings (SSSR count). The van der Waals surface area contributed by atoms with Crippen molar-refractivity contribution in [1.29, 1.82) is 0 Å². The molecule has 0 bridgehead atoms. The fourth-order valence-electron chi connectivity index (χ4n) is 3.77. The van der Waals surface area contributed by atoms with Gasteiger partial charge >= 0.3 is 0 Å². The van der Waals surface area contributed by atoms with Crippen molar-refractivity contribution in [3.8, 4) is 11.5 Å². The Balaban J connectivity index is 1.35. The van der Waals surface area contributed by atoms with Crippen LogP contribution in [0.2, 0.25) is 0 Å². The highest BCUT2D eigenvalue weighted by Gasteiger charge is 2.28. The number of benzene rings is 3. The second kappa shape index (κ2) is 7.70. The standard InChI is InChI=1S/C25H18N2O5/c1-26-14-17(20-4-2-3-5-22(20)26)12-24-25(28)21-11-10-19(13-23(21)32-24)31-15-16-6-8-18(9-7-16)27(29)30/h2-14H,15H2,1H3/b24-12-. The number of hydrogen-bond donors (Lipinski definition) is 0. The zero-order valence-corrected chi connectivity index (χ0v) is 17.1. The number of carbonyl (C=O) groups is 1. The van der Waals surface area contributed by atoms with Crippen LogP contribution in [0, 0.1) is 10.1 Å². The van der Waals surface area contributed by atoms with Gasteiger partial charge in [-0.15, -0.1) is 0 Å². The van der Waals surface area contributed by atoms with E-state index in [0.29, 0.717) is 17.1 Å². The summed E-state index contributed by atoms with van der Waals surface area (Å²) >= 11 is 0. The Morgan fingerprint density at radius 3 is 2.66 bits per heavy atom. The van der Waals surface area contributed by atoms with Crippen LogP contribution in [0.25, 0.3) is 17.0 Å². The van der Waals surface area contributed by atoms with E-state index < -0.39 is 4.92 Å². The smallest absolute Gasteiger partial charge is 0.269 e. The van der Waals surface area contributed by atoms with Gasteiger partial charge in [0.1, 0.15) is 18.1 Å². The van der Waals surface area contributed by atoms with Gasteiger partial charge in [0.15, 0.2) is 5.76 Å². The van der Waals surface area contributed by atoms with Crippen LogP contribution in [0.15, 0.2) is 78.7 Å². The number of rotatable bonds is 5. The molecule has 3 aromatic carbocycles. The number of nitro benzene ring substituents is 1. The summed E-state index contributed by atoms with van der Waals surface area (Å²) in [5.74, 6) is 1.09. The van der Waals surface area contributed by atoms with Gasteiger partial charge in [-0.05, 0) is 42.0 Å². The molecule has 0 saturated heterocycles. The normalized spacial score (nSPS) is 13.9. The number of Topliss-reactive ketones (excluding diaryl/α,β-unsaturated/α-hetero) is 1. The predicted octanol–water partition coefficient (Wildman–Crippen LogP) is 5.28. The van der Waals surface area contributed by atoms with Gasteiger partial charge in [-0.2, -0.15) is 0 Å². The second-order valence-electron chi connectivity index (χ2n) is 7.52. The van der Waals surface area contributed by atoms with Gasteiger partial charge in [0.05, 0.1) is 10.5 Å². The third kappa shape index (κ3) is 3.50. The molecule has 0 fully saturated rings. The van der Waals surface area contributed by atoms with Crippen LogP contribution in [0.1, 0.15) is 21.5 Å². The van der Waals surface area contributed by atoms with Crippen molar-refractivity contribution in [2.24, 2.45) is 7.05 Å². The van der Waals surface area contributed by atoms with Gasteiger partial charge < -0.3 is 14.0 Å². The molecule has 0 aliphatic carbocycles. The highest BCUT2D eigenvalue weighted by molar-refractivity contribution is 6.15. The molecule has 1 aliphatic rings. The number of ether oxygens (including phenoxy) is 2. The van der Waals surface area contributed by atoms with E-state index in [4.69, 9.17) is 9.47 Å². The number of nitro groups is 1. The van der Waals surface area contributed by atoms with Crippen LogP contribution < -0.4 is 9.47 Å². The van der Waals surface area contributed by atoms with E-state index in [-0.39, 0.29) is 23.8 Å². The summed E-state index contributed by atoms with van der Waals surface area (Å²) in [6.45, 7) is 0.240. The highest BCUT2D eigenvalue weighted by atomic mass is 16.6. The molecule has 7 heteroatoms. The minimum atomic E-state index is -0.442. The molecule has 0 atom stereocenters. The summed E-state index contributed by atoms with van der Waals surface area (Å²) in [7, 11) is 1.96.